The maximum Gasteiger partial charge on any atom is 0.391 e. The van der Waals surface area contributed by atoms with Gasteiger partial charge in [-0.05, 0) is 18.1 Å². The molecule has 0 spiro atoms. The van der Waals surface area contributed by atoms with Crippen LogP contribution in [0.1, 0.15) is 24.8 Å². The highest BCUT2D eigenvalue weighted by molar-refractivity contribution is 5.89. The van der Waals surface area contributed by atoms with E-state index in [0.29, 0.717) is 18.1 Å². The molecule has 0 atom stereocenters. The molecule has 6 nitrogen and oxygen atoms in total. The number of nitrogens with one attached hydrogen (secondary N) is 2. The Bertz CT molecular complexity index is 1210. The zero-order valence-electron chi connectivity index (χ0n) is 18.2. The third-order valence-electron chi connectivity index (χ3n) is 6.18. The summed E-state index contributed by atoms with van der Waals surface area (Å²) in [6, 6.07) is 21.2. The van der Waals surface area contributed by atoms with Crippen molar-refractivity contribution in [3.63, 3.8) is 0 Å². The largest absolute Gasteiger partial charge is 1.00 e. The number of pyridine rings is 1. The molecule has 0 radical (unpaired) electrons. The number of anilines is 1. The normalized spacial score (nSPS) is 14.0. The molecule has 1 saturated carbocycles. The zero-order chi connectivity index (χ0) is 21.3. The Morgan fingerprint density at radius 3 is 2.33 bits per heavy atom. The Hall–Kier alpha value is -2.77. The van der Waals surface area contributed by atoms with Gasteiger partial charge >= 0.3 is 5.95 Å². The molecule has 33 heavy (non-hydrogen) atoms. The molecule has 1 aliphatic rings. The summed E-state index contributed by atoms with van der Waals surface area (Å²) in [5.41, 5.74) is 10.6. The van der Waals surface area contributed by atoms with Gasteiger partial charge in [0.2, 0.25) is 5.65 Å². The Balaban J connectivity index is 0.00000153. The van der Waals surface area contributed by atoms with Gasteiger partial charge in [-0.1, -0.05) is 59.6 Å². The van der Waals surface area contributed by atoms with E-state index in [2.05, 4.69) is 63.5 Å². The fourth-order valence-corrected chi connectivity index (χ4v) is 4.20. The molecule has 1 aliphatic carbocycles. The number of aromatic amines is 1. The lowest BCUT2D eigenvalue weighted by Gasteiger charge is -2.34. The van der Waals surface area contributed by atoms with Gasteiger partial charge < -0.3 is 35.7 Å². The molecule has 0 saturated heterocycles. The Morgan fingerprint density at radius 1 is 0.970 bits per heavy atom. The fraction of sp³-hybridized carbons (Fsp3) is 0.240. The number of halogens is 2. The molecule has 4 aromatic rings. The first-order valence-electron chi connectivity index (χ1n) is 10.8. The van der Waals surface area contributed by atoms with Gasteiger partial charge in [0.25, 0.3) is 0 Å². The quantitative estimate of drug-likeness (QED) is 0.269. The van der Waals surface area contributed by atoms with E-state index < -0.39 is 0 Å². The van der Waals surface area contributed by atoms with Crippen LogP contribution in [-0.4, -0.2) is 28.2 Å². The molecule has 5 rings (SSSR count). The number of aliphatic hydroxyl groups is 1. The number of rotatable bonds is 6. The molecule has 0 amide bonds. The molecular weight excluding hydrogens is 457 g/mol. The highest BCUT2D eigenvalue weighted by Crippen LogP contribution is 2.38. The smallest absolute Gasteiger partial charge is 0.391 e. The monoisotopic (exact) mass is 483 g/mol. The van der Waals surface area contributed by atoms with Crippen molar-refractivity contribution >= 4 is 17.0 Å². The SMILES string of the molecule is [Cl-].[Cl-].[NH3+]C1(c2ccc(-c3nc4nc(NCCO)[nH+]cc4cc3-c3ccccc3)cc2)CCC1. The number of aromatic nitrogens is 3. The van der Waals surface area contributed by atoms with Gasteiger partial charge in [0.15, 0.2) is 0 Å². The molecule has 172 valence electrons. The van der Waals surface area contributed by atoms with Crippen LogP contribution in [0.15, 0.2) is 66.9 Å². The van der Waals surface area contributed by atoms with Crippen molar-refractivity contribution in [2.24, 2.45) is 0 Å². The van der Waals surface area contributed by atoms with Gasteiger partial charge in [0, 0.05) is 29.5 Å². The van der Waals surface area contributed by atoms with E-state index in [1.807, 2.05) is 24.4 Å². The van der Waals surface area contributed by atoms with Crippen molar-refractivity contribution in [2.45, 2.75) is 24.8 Å². The molecule has 0 unspecified atom stereocenters. The summed E-state index contributed by atoms with van der Waals surface area (Å²) < 4.78 is 0. The van der Waals surface area contributed by atoms with Crippen molar-refractivity contribution in [2.75, 3.05) is 18.5 Å². The van der Waals surface area contributed by atoms with Crippen molar-refractivity contribution < 1.29 is 40.6 Å². The molecule has 1 fully saturated rings. The van der Waals surface area contributed by atoms with Crippen LogP contribution in [0.3, 0.4) is 0 Å². The van der Waals surface area contributed by atoms with Gasteiger partial charge in [-0.25, -0.2) is 9.97 Å². The standard InChI is InChI=1S/C25H25N5O.2ClH/c26-25(11-4-12-25)20-9-7-18(8-10-20)22-21(17-5-2-1-3-6-17)15-19-16-28-24(27-13-14-31)30-23(19)29-22;;/h1-3,5-10,15-16,31H,4,11-14,26H2,(H,27,28,29,30);2*1H. The lowest BCUT2D eigenvalue weighted by atomic mass is 9.72. The first kappa shape index (κ1) is 24.9. The van der Waals surface area contributed by atoms with Crippen LogP contribution in [0, 0.1) is 0 Å². The van der Waals surface area contributed by atoms with E-state index >= 15 is 0 Å². The molecular formula is C25H27Cl2N5O. The second-order valence-electron chi connectivity index (χ2n) is 8.27. The number of quaternary nitrogens is 1. The second kappa shape index (κ2) is 10.4. The second-order valence-corrected chi connectivity index (χ2v) is 8.27. The van der Waals surface area contributed by atoms with E-state index in [1.54, 1.807) is 0 Å². The third-order valence-corrected chi connectivity index (χ3v) is 6.18. The van der Waals surface area contributed by atoms with E-state index in [9.17, 15) is 0 Å². The number of hydrogen-bond acceptors (Lipinski definition) is 4. The first-order valence-corrected chi connectivity index (χ1v) is 10.8. The molecule has 0 aliphatic heterocycles. The van der Waals surface area contributed by atoms with Crippen molar-refractivity contribution in [1.82, 2.24) is 9.97 Å². The highest BCUT2D eigenvalue weighted by atomic mass is 35.5. The van der Waals surface area contributed by atoms with Gasteiger partial charge in [-0.15, -0.1) is 0 Å². The number of H-pyrrole nitrogens is 1. The number of aliphatic hydroxyl groups excluding tert-OH is 1. The number of nitrogens with zero attached hydrogens (tertiary/aromatic N) is 2. The highest BCUT2D eigenvalue weighted by Gasteiger charge is 2.38. The lowest BCUT2D eigenvalue weighted by Crippen LogP contribution is -3.00. The predicted molar refractivity (Wildman–Crippen MR) is 121 cm³/mol. The molecule has 6 N–H and O–H groups in total. The summed E-state index contributed by atoms with van der Waals surface area (Å²) in [5, 5.41) is 13.1. The summed E-state index contributed by atoms with van der Waals surface area (Å²) in [6.45, 7) is 0.470. The average Bonchev–Trinajstić information content (AvgIpc) is 2.81. The van der Waals surface area contributed by atoms with Crippen molar-refractivity contribution in [3.05, 3.63) is 72.4 Å². The number of fused-ring (bicyclic) bond motifs is 1. The molecule has 8 heteroatoms. The van der Waals surface area contributed by atoms with Gasteiger partial charge in [-0.2, -0.15) is 0 Å². The molecule has 2 heterocycles. The zero-order valence-corrected chi connectivity index (χ0v) is 19.7. The molecule has 2 aromatic carbocycles. The van der Waals surface area contributed by atoms with Gasteiger partial charge in [0.1, 0.15) is 5.54 Å². The van der Waals surface area contributed by atoms with Crippen molar-refractivity contribution in [3.8, 4) is 22.4 Å². The minimum atomic E-state index is 0. The summed E-state index contributed by atoms with van der Waals surface area (Å²) in [4.78, 5) is 12.7. The summed E-state index contributed by atoms with van der Waals surface area (Å²) in [6.07, 6.45) is 5.46. The maximum atomic E-state index is 9.07. The minimum absolute atomic E-state index is 0. The van der Waals surface area contributed by atoms with E-state index in [-0.39, 0.29) is 37.0 Å². The number of benzene rings is 2. The fourth-order valence-electron chi connectivity index (χ4n) is 4.20. The number of hydrogen-bond donors (Lipinski definition) is 3. The molecule has 0 bridgehead atoms. The van der Waals surface area contributed by atoms with Crippen LogP contribution in [-0.2, 0) is 5.54 Å². The predicted octanol–water partition coefficient (Wildman–Crippen LogP) is -3.19. The van der Waals surface area contributed by atoms with Gasteiger partial charge in [-0.3, -0.25) is 5.32 Å². The van der Waals surface area contributed by atoms with E-state index in [4.69, 9.17) is 10.1 Å². The van der Waals surface area contributed by atoms with Crippen LogP contribution < -0.4 is 40.8 Å². The summed E-state index contributed by atoms with van der Waals surface area (Å²) >= 11 is 0. The summed E-state index contributed by atoms with van der Waals surface area (Å²) in [5.74, 6) is 0.590. The lowest BCUT2D eigenvalue weighted by molar-refractivity contribution is -0.509. The Kier molecular flexibility index (Phi) is 7.87. The first-order chi connectivity index (χ1) is 15.2. The van der Waals surface area contributed by atoms with E-state index in [0.717, 1.165) is 40.6 Å². The Labute approximate surface area is 205 Å². The Morgan fingerprint density at radius 2 is 1.70 bits per heavy atom. The van der Waals surface area contributed by atoms with Gasteiger partial charge in [0.05, 0.1) is 30.4 Å². The van der Waals surface area contributed by atoms with Crippen molar-refractivity contribution in [1.29, 1.82) is 0 Å². The van der Waals surface area contributed by atoms with Crippen LogP contribution in [0.4, 0.5) is 5.95 Å². The minimum Gasteiger partial charge on any atom is -1.00 e. The van der Waals surface area contributed by atoms with E-state index in [1.165, 1.54) is 12.0 Å². The van der Waals surface area contributed by atoms with Crippen LogP contribution in [0.2, 0.25) is 0 Å². The average molecular weight is 484 g/mol. The molecule has 2 aromatic heterocycles. The third kappa shape index (κ3) is 4.94. The van der Waals surface area contributed by atoms with Crippen LogP contribution >= 0.6 is 0 Å². The summed E-state index contributed by atoms with van der Waals surface area (Å²) in [7, 11) is 0. The maximum absolute atomic E-state index is 9.07. The van der Waals surface area contributed by atoms with Crippen LogP contribution in [0.5, 0.6) is 0 Å². The van der Waals surface area contributed by atoms with Crippen LogP contribution in [0.25, 0.3) is 33.4 Å². The topological polar surface area (TPSA) is 99.8 Å².